The molecule has 1 N–H and O–H groups in total. The van der Waals surface area contributed by atoms with Crippen molar-refractivity contribution in [3.05, 3.63) is 35.9 Å². The molecule has 18 heavy (non-hydrogen) atoms. The highest BCUT2D eigenvalue weighted by Gasteiger charge is 2.25. The first-order chi connectivity index (χ1) is 8.65. The van der Waals surface area contributed by atoms with E-state index in [1.54, 1.807) is 0 Å². The maximum Gasteiger partial charge on any atom is 0.317 e. The Morgan fingerprint density at radius 1 is 1.28 bits per heavy atom. The van der Waals surface area contributed by atoms with Gasteiger partial charge in [-0.2, -0.15) is 0 Å². The molecule has 4 heteroatoms. The number of carbonyl (C=O) groups excluding carboxylic acids is 1. The van der Waals surface area contributed by atoms with Gasteiger partial charge in [0.2, 0.25) is 0 Å². The van der Waals surface area contributed by atoms with Gasteiger partial charge in [-0.1, -0.05) is 30.3 Å². The predicted molar refractivity (Wildman–Crippen MR) is 70.3 cm³/mol. The minimum atomic E-state index is -0.0131. The van der Waals surface area contributed by atoms with Crippen LogP contribution in [-0.4, -0.2) is 36.2 Å². The minimum absolute atomic E-state index is 0.0131. The smallest absolute Gasteiger partial charge is 0.317 e. The van der Waals surface area contributed by atoms with Crippen molar-refractivity contribution in [3.63, 3.8) is 0 Å². The SMILES string of the molecule is C[C@@H]1CN(C(=O)NCc2ccccc2)C[C@@H](C)O1. The van der Waals surface area contributed by atoms with Gasteiger partial charge in [-0.3, -0.25) is 0 Å². The molecule has 0 radical (unpaired) electrons. The molecule has 2 amide bonds. The molecule has 1 heterocycles. The second-order valence-electron chi connectivity index (χ2n) is 4.81. The maximum atomic E-state index is 12.0. The van der Waals surface area contributed by atoms with Gasteiger partial charge in [0.15, 0.2) is 0 Å². The highest BCUT2D eigenvalue weighted by atomic mass is 16.5. The van der Waals surface area contributed by atoms with Gasteiger partial charge in [-0.25, -0.2) is 4.79 Å². The zero-order valence-electron chi connectivity index (χ0n) is 10.9. The Hall–Kier alpha value is -1.55. The molecule has 1 aromatic carbocycles. The molecule has 0 spiro atoms. The van der Waals surface area contributed by atoms with E-state index in [4.69, 9.17) is 4.74 Å². The second-order valence-corrected chi connectivity index (χ2v) is 4.81. The molecule has 1 saturated heterocycles. The summed E-state index contributed by atoms with van der Waals surface area (Å²) in [5.74, 6) is 0. The predicted octanol–water partition coefficient (Wildman–Crippen LogP) is 2.01. The number of nitrogens with one attached hydrogen (secondary N) is 1. The molecule has 0 unspecified atom stereocenters. The Balaban J connectivity index is 1.84. The van der Waals surface area contributed by atoms with Crippen LogP contribution in [0.3, 0.4) is 0 Å². The fourth-order valence-electron chi connectivity index (χ4n) is 2.23. The normalized spacial score (nSPS) is 23.8. The summed E-state index contributed by atoms with van der Waals surface area (Å²) in [7, 11) is 0. The van der Waals surface area contributed by atoms with Crippen molar-refractivity contribution in [2.75, 3.05) is 13.1 Å². The number of ether oxygens (including phenoxy) is 1. The fourth-order valence-corrected chi connectivity index (χ4v) is 2.23. The van der Waals surface area contributed by atoms with E-state index in [0.29, 0.717) is 19.6 Å². The van der Waals surface area contributed by atoms with Crippen LogP contribution in [0.5, 0.6) is 0 Å². The van der Waals surface area contributed by atoms with Crippen molar-refractivity contribution in [1.82, 2.24) is 10.2 Å². The molecule has 1 aliphatic heterocycles. The lowest BCUT2D eigenvalue weighted by molar-refractivity contribution is -0.0545. The van der Waals surface area contributed by atoms with Gasteiger partial charge >= 0.3 is 6.03 Å². The van der Waals surface area contributed by atoms with E-state index in [1.165, 1.54) is 0 Å². The van der Waals surface area contributed by atoms with E-state index in [1.807, 2.05) is 49.1 Å². The van der Waals surface area contributed by atoms with Crippen molar-refractivity contribution in [3.8, 4) is 0 Å². The van der Waals surface area contributed by atoms with E-state index >= 15 is 0 Å². The molecule has 0 aromatic heterocycles. The van der Waals surface area contributed by atoms with Gasteiger partial charge in [0, 0.05) is 19.6 Å². The largest absolute Gasteiger partial charge is 0.372 e. The summed E-state index contributed by atoms with van der Waals surface area (Å²) in [4.78, 5) is 13.8. The number of carbonyl (C=O) groups is 1. The Morgan fingerprint density at radius 2 is 1.89 bits per heavy atom. The quantitative estimate of drug-likeness (QED) is 0.869. The highest BCUT2D eigenvalue weighted by Crippen LogP contribution is 2.10. The molecule has 98 valence electrons. The summed E-state index contributed by atoms with van der Waals surface area (Å²) >= 11 is 0. The van der Waals surface area contributed by atoms with Crippen LogP contribution in [0.25, 0.3) is 0 Å². The van der Waals surface area contributed by atoms with Gasteiger partial charge in [-0.05, 0) is 19.4 Å². The first-order valence-electron chi connectivity index (χ1n) is 6.37. The van der Waals surface area contributed by atoms with Crippen molar-refractivity contribution >= 4 is 6.03 Å². The Kier molecular flexibility index (Phi) is 4.20. The van der Waals surface area contributed by atoms with Crippen LogP contribution in [-0.2, 0) is 11.3 Å². The van der Waals surface area contributed by atoms with Crippen LogP contribution in [0.2, 0.25) is 0 Å². The third-order valence-electron chi connectivity index (χ3n) is 2.99. The van der Waals surface area contributed by atoms with Crippen molar-refractivity contribution in [2.45, 2.75) is 32.6 Å². The van der Waals surface area contributed by atoms with Crippen LogP contribution in [0.4, 0.5) is 4.79 Å². The number of hydrogen-bond acceptors (Lipinski definition) is 2. The molecule has 0 bridgehead atoms. The molecule has 0 aliphatic carbocycles. The van der Waals surface area contributed by atoms with Crippen LogP contribution in [0.1, 0.15) is 19.4 Å². The summed E-state index contributed by atoms with van der Waals surface area (Å²) in [6, 6.07) is 9.91. The average molecular weight is 248 g/mol. The van der Waals surface area contributed by atoms with Crippen LogP contribution < -0.4 is 5.32 Å². The van der Waals surface area contributed by atoms with Crippen LogP contribution >= 0.6 is 0 Å². The van der Waals surface area contributed by atoms with E-state index in [-0.39, 0.29) is 18.2 Å². The first kappa shape index (κ1) is 12.9. The topological polar surface area (TPSA) is 41.6 Å². The standard InChI is InChI=1S/C14H20N2O2/c1-11-9-16(10-12(2)18-11)14(17)15-8-13-6-4-3-5-7-13/h3-7,11-12H,8-10H2,1-2H3,(H,15,17)/t11-,12-/m1/s1. The lowest BCUT2D eigenvalue weighted by atomic mass is 10.2. The average Bonchev–Trinajstić information content (AvgIpc) is 2.36. The summed E-state index contributed by atoms with van der Waals surface area (Å²) < 4.78 is 5.61. The number of amides is 2. The van der Waals surface area contributed by atoms with Gasteiger partial charge in [-0.15, -0.1) is 0 Å². The Morgan fingerprint density at radius 3 is 2.50 bits per heavy atom. The van der Waals surface area contributed by atoms with Crippen LogP contribution in [0, 0.1) is 0 Å². The molecule has 0 saturated carbocycles. The zero-order valence-corrected chi connectivity index (χ0v) is 10.9. The molecule has 2 atom stereocenters. The van der Waals surface area contributed by atoms with Gasteiger partial charge in [0.25, 0.3) is 0 Å². The summed E-state index contributed by atoms with van der Waals surface area (Å²) in [6.45, 7) is 5.87. The van der Waals surface area contributed by atoms with Crippen molar-refractivity contribution < 1.29 is 9.53 Å². The van der Waals surface area contributed by atoms with Gasteiger partial charge in [0.1, 0.15) is 0 Å². The van der Waals surface area contributed by atoms with Gasteiger partial charge < -0.3 is 15.0 Å². The molecular weight excluding hydrogens is 228 g/mol. The minimum Gasteiger partial charge on any atom is -0.372 e. The first-order valence-corrected chi connectivity index (χ1v) is 6.37. The van der Waals surface area contributed by atoms with Crippen molar-refractivity contribution in [1.29, 1.82) is 0 Å². The number of hydrogen-bond donors (Lipinski definition) is 1. The molecule has 1 aliphatic rings. The lowest BCUT2D eigenvalue weighted by Gasteiger charge is -2.35. The molecule has 1 aromatic rings. The van der Waals surface area contributed by atoms with E-state index in [2.05, 4.69) is 5.32 Å². The molecule has 1 fully saturated rings. The fraction of sp³-hybridized carbons (Fsp3) is 0.500. The molecular formula is C14H20N2O2. The summed E-state index contributed by atoms with van der Waals surface area (Å²) in [6.07, 6.45) is 0.215. The van der Waals surface area contributed by atoms with E-state index < -0.39 is 0 Å². The monoisotopic (exact) mass is 248 g/mol. The lowest BCUT2D eigenvalue weighted by Crippen LogP contribution is -2.51. The summed E-state index contributed by atoms with van der Waals surface area (Å²) in [5.41, 5.74) is 1.11. The third kappa shape index (κ3) is 3.47. The van der Waals surface area contributed by atoms with E-state index in [9.17, 15) is 4.79 Å². The highest BCUT2D eigenvalue weighted by molar-refractivity contribution is 5.74. The number of urea groups is 1. The Bertz CT molecular complexity index is 384. The molecule has 4 nitrogen and oxygen atoms in total. The summed E-state index contributed by atoms with van der Waals surface area (Å²) in [5, 5.41) is 2.94. The Labute approximate surface area is 108 Å². The van der Waals surface area contributed by atoms with Gasteiger partial charge in [0.05, 0.1) is 12.2 Å². The second kappa shape index (κ2) is 5.87. The van der Waals surface area contributed by atoms with Crippen molar-refractivity contribution in [2.24, 2.45) is 0 Å². The molecule has 2 rings (SSSR count). The van der Waals surface area contributed by atoms with Crippen LogP contribution in [0.15, 0.2) is 30.3 Å². The maximum absolute atomic E-state index is 12.0. The number of rotatable bonds is 2. The van der Waals surface area contributed by atoms with E-state index in [0.717, 1.165) is 5.56 Å². The number of benzene rings is 1. The number of nitrogens with zero attached hydrogens (tertiary/aromatic N) is 1. The third-order valence-corrected chi connectivity index (χ3v) is 2.99. The zero-order chi connectivity index (χ0) is 13.0. The number of morpholine rings is 1.